The molecule has 0 saturated carbocycles. The first-order valence-electron chi connectivity index (χ1n) is 8.66. The van der Waals surface area contributed by atoms with E-state index < -0.39 is 0 Å². The second-order valence-electron chi connectivity index (χ2n) is 6.43. The Labute approximate surface area is 157 Å². The first-order chi connectivity index (χ1) is 12.6. The third-order valence-corrected chi connectivity index (χ3v) is 4.81. The molecule has 1 N–H and O–H groups in total. The van der Waals surface area contributed by atoms with Crippen LogP contribution in [0.5, 0.6) is 0 Å². The van der Waals surface area contributed by atoms with Gasteiger partial charge < -0.3 is 0 Å². The van der Waals surface area contributed by atoms with Crippen molar-refractivity contribution in [2.24, 2.45) is 11.0 Å². The fourth-order valence-corrected chi connectivity index (χ4v) is 3.16. The lowest BCUT2D eigenvalue weighted by Crippen LogP contribution is -2.39. The van der Waals surface area contributed by atoms with Crippen LogP contribution in [0, 0.1) is 11.7 Å². The molecule has 0 unspecified atom stereocenters. The zero-order valence-corrected chi connectivity index (χ0v) is 15.1. The Balaban J connectivity index is 1.44. The zero-order chi connectivity index (χ0) is 18.4. The minimum Gasteiger partial charge on any atom is -0.299 e. The quantitative estimate of drug-likeness (QED) is 0.639. The number of nitrogens with one attached hydrogen (secondary N) is 1. The summed E-state index contributed by atoms with van der Waals surface area (Å²) in [6.45, 7) is 2.58. The van der Waals surface area contributed by atoms with E-state index in [4.69, 9.17) is 11.6 Å². The fraction of sp³-hybridized carbons (Fsp3) is 0.300. The van der Waals surface area contributed by atoms with Gasteiger partial charge in [0.05, 0.1) is 6.21 Å². The van der Waals surface area contributed by atoms with Crippen molar-refractivity contribution in [1.29, 1.82) is 0 Å². The van der Waals surface area contributed by atoms with Crippen molar-refractivity contribution in [2.75, 3.05) is 13.1 Å². The molecular formula is C20H21ClFN3O. The van der Waals surface area contributed by atoms with E-state index in [0.717, 1.165) is 37.5 Å². The third-order valence-electron chi connectivity index (χ3n) is 4.56. The zero-order valence-electron chi connectivity index (χ0n) is 14.4. The second kappa shape index (κ2) is 8.92. The van der Waals surface area contributed by atoms with Gasteiger partial charge in [0.15, 0.2) is 0 Å². The molecule has 1 fully saturated rings. The van der Waals surface area contributed by atoms with Gasteiger partial charge in [0.1, 0.15) is 5.82 Å². The maximum atomic E-state index is 13.5. The minimum absolute atomic E-state index is 0.0609. The predicted octanol–water partition coefficient (Wildman–Crippen LogP) is 3.84. The maximum absolute atomic E-state index is 13.5. The average molecular weight is 374 g/mol. The number of rotatable bonds is 5. The Hall–Kier alpha value is -2.24. The number of hydrogen-bond donors (Lipinski definition) is 1. The molecule has 0 radical (unpaired) electrons. The summed E-state index contributed by atoms with van der Waals surface area (Å²) in [7, 11) is 0. The number of likely N-dealkylation sites (tertiary alicyclic amines) is 1. The van der Waals surface area contributed by atoms with Crippen LogP contribution in [0.1, 0.15) is 24.0 Å². The molecule has 3 rings (SSSR count). The predicted molar refractivity (Wildman–Crippen MR) is 102 cm³/mol. The number of hydrogen-bond acceptors (Lipinski definition) is 3. The van der Waals surface area contributed by atoms with E-state index in [1.54, 1.807) is 18.2 Å². The van der Waals surface area contributed by atoms with Crippen molar-refractivity contribution in [3.63, 3.8) is 0 Å². The van der Waals surface area contributed by atoms with Crippen LogP contribution in [0.3, 0.4) is 0 Å². The van der Waals surface area contributed by atoms with Crippen molar-refractivity contribution in [2.45, 2.75) is 19.4 Å². The van der Waals surface area contributed by atoms with E-state index >= 15 is 0 Å². The second-order valence-corrected chi connectivity index (χ2v) is 6.87. The first kappa shape index (κ1) is 18.5. The molecule has 0 bridgehead atoms. The molecule has 0 aliphatic carbocycles. The van der Waals surface area contributed by atoms with Crippen LogP contribution in [-0.2, 0) is 11.3 Å². The lowest BCUT2D eigenvalue weighted by molar-refractivity contribution is -0.126. The van der Waals surface area contributed by atoms with Gasteiger partial charge in [0.25, 0.3) is 0 Å². The van der Waals surface area contributed by atoms with Crippen LogP contribution in [0.4, 0.5) is 4.39 Å². The minimum atomic E-state index is -0.360. The number of carbonyl (C=O) groups is 1. The summed E-state index contributed by atoms with van der Waals surface area (Å²) in [5, 5.41) is 4.62. The van der Waals surface area contributed by atoms with Gasteiger partial charge in [-0.15, -0.1) is 0 Å². The van der Waals surface area contributed by atoms with Crippen LogP contribution in [0.15, 0.2) is 53.6 Å². The summed E-state index contributed by atoms with van der Waals surface area (Å²) in [4.78, 5) is 14.6. The summed E-state index contributed by atoms with van der Waals surface area (Å²) < 4.78 is 13.5. The van der Waals surface area contributed by atoms with E-state index in [-0.39, 0.29) is 17.6 Å². The molecule has 0 spiro atoms. The standard InChI is InChI=1S/C20H21ClFN3O/c21-18-7-5-15(6-8-18)14-25-11-9-16(10-12-25)20(26)24-23-13-17-3-1-2-4-19(17)22/h1-8,13,16H,9-12,14H2,(H,24,26)/b23-13-. The Kier molecular flexibility index (Phi) is 6.36. The lowest BCUT2D eigenvalue weighted by atomic mass is 9.96. The van der Waals surface area contributed by atoms with E-state index in [1.807, 2.05) is 24.3 Å². The van der Waals surface area contributed by atoms with Gasteiger partial charge in [-0.2, -0.15) is 5.10 Å². The number of nitrogens with zero attached hydrogens (tertiary/aromatic N) is 2. The Bertz CT molecular complexity index is 771. The van der Waals surface area contributed by atoms with Crippen molar-refractivity contribution in [3.8, 4) is 0 Å². The molecule has 1 heterocycles. The van der Waals surface area contributed by atoms with Gasteiger partial charge in [-0.25, -0.2) is 9.82 Å². The van der Waals surface area contributed by atoms with Gasteiger partial charge in [-0.1, -0.05) is 41.9 Å². The van der Waals surface area contributed by atoms with Gasteiger partial charge in [0.2, 0.25) is 5.91 Å². The molecule has 136 valence electrons. The van der Waals surface area contributed by atoms with Crippen molar-refractivity contribution in [1.82, 2.24) is 10.3 Å². The molecule has 1 saturated heterocycles. The summed E-state index contributed by atoms with van der Waals surface area (Å²) in [6, 6.07) is 14.2. The van der Waals surface area contributed by atoms with E-state index in [9.17, 15) is 9.18 Å². The number of amides is 1. The highest BCUT2D eigenvalue weighted by Gasteiger charge is 2.24. The summed E-state index contributed by atoms with van der Waals surface area (Å²) >= 11 is 5.91. The van der Waals surface area contributed by atoms with E-state index in [2.05, 4.69) is 15.4 Å². The smallest absolute Gasteiger partial charge is 0.243 e. The molecule has 2 aromatic carbocycles. The summed E-state index contributed by atoms with van der Waals surface area (Å²) in [5.41, 5.74) is 4.10. The molecular weight excluding hydrogens is 353 g/mol. The molecule has 0 atom stereocenters. The molecule has 2 aromatic rings. The molecule has 6 heteroatoms. The van der Waals surface area contributed by atoms with Crippen LogP contribution >= 0.6 is 11.6 Å². The highest BCUT2D eigenvalue weighted by molar-refractivity contribution is 6.30. The molecule has 26 heavy (non-hydrogen) atoms. The van der Waals surface area contributed by atoms with Crippen molar-refractivity contribution < 1.29 is 9.18 Å². The summed E-state index contributed by atoms with van der Waals surface area (Å²) in [5.74, 6) is -0.529. The van der Waals surface area contributed by atoms with E-state index in [0.29, 0.717) is 5.56 Å². The number of carbonyl (C=O) groups excluding carboxylic acids is 1. The Morgan fingerprint density at radius 2 is 1.88 bits per heavy atom. The van der Waals surface area contributed by atoms with Gasteiger partial charge >= 0.3 is 0 Å². The van der Waals surface area contributed by atoms with Crippen LogP contribution in [0.25, 0.3) is 0 Å². The van der Waals surface area contributed by atoms with Gasteiger partial charge in [0, 0.05) is 23.0 Å². The number of piperidine rings is 1. The van der Waals surface area contributed by atoms with Crippen LogP contribution in [-0.4, -0.2) is 30.1 Å². The van der Waals surface area contributed by atoms with Crippen molar-refractivity contribution in [3.05, 3.63) is 70.5 Å². The van der Waals surface area contributed by atoms with Crippen LogP contribution < -0.4 is 5.43 Å². The topological polar surface area (TPSA) is 44.7 Å². The molecule has 0 aromatic heterocycles. The summed E-state index contributed by atoms with van der Waals surface area (Å²) in [6.07, 6.45) is 2.91. The monoisotopic (exact) mass is 373 g/mol. The maximum Gasteiger partial charge on any atom is 0.243 e. The number of halogens is 2. The average Bonchev–Trinajstić information content (AvgIpc) is 2.66. The van der Waals surface area contributed by atoms with Crippen molar-refractivity contribution >= 4 is 23.7 Å². The Morgan fingerprint density at radius 3 is 2.58 bits per heavy atom. The third kappa shape index (κ3) is 5.13. The Morgan fingerprint density at radius 1 is 1.19 bits per heavy atom. The molecule has 1 aliphatic rings. The van der Waals surface area contributed by atoms with Gasteiger partial charge in [-0.3, -0.25) is 9.69 Å². The number of hydrazone groups is 1. The largest absolute Gasteiger partial charge is 0.299 e. The normalized spacial score (nSPS) is 16.1. The van der Waals surface area contributed by atoms with Gasteiger partial charge in [-0.05, 0) is 49.7 Å². The lowest BCUT2D eigenvalue weighted by Gasteiger charge is -2.30. The highest BCUT2D eigenvalue weighted by atomic mass is 35.5. The highest BCUT2D eigenvalue weighted by Crippen LogP contribution is 2.20. The molecule has 1 aliphatic heterocycles. The van der Waals surface area contributed by atoms with Crippen LogP contribution in [0.2, 0.25) is 5.02 Å². The first-order valence-corrected chi connectivity index (χ1v) is 9.04. The fourth-order valence-electron chi connectivity index (χ4n) is 3.04. The molecule has 1 amide bonds. The van der Waals surface area contributed by atoms with E-state index in [1.165, 1.54) is 17.8 Å². The SMILES string of the molecule is O=C(N/N=C\c1ccccc1F)C1CCN(Cc2ccc(Cl)cc2)CC1. The molecule has 4 nitrogen and oxygen atoms in total. The number of benzene rings is 2.